The van der Waals surface area contributed by atoms with Crippen molar-refractivity contribution in [2.45, 2.75) is 32.7 Å². The molecule has 1 unspecified atom stereocenters. The second kappa shape index (κ2) is 7.22. The molecule has 0 spiro atoms. The van der Waals surface area contributed by atoms with Crippen molar-refractivity contribution in [2.75, 3.05) is 6.54 Å². The van der Waals surface area contributed by atoms with E-state index in [0.29, 0.717) is 6.04 Å². The van der Waals surface area contributed by atoms with E-state index in [0.717, 1.165) is 19.4 Å². The number of hydrogen-bond acceptors (Lipinski definition) is 2. The first kappa shape index (κ1) is 14.8. The molecule has 0 aliphatic heterocycles. The Labute approximate surface area is 128 Å². The first-order chi connectivity index (χ1) is 9.26. The molecule has 0 aliphatic carbocycles. The predicted octanol–water partition coefficient (Wildman–Crippen LogP) is 5.16. The summed E-state index contributed by atoms with van der Waals surface area (Å²) in [5.41, 5.74) is 2.84. The maximum Gasteiger partial charge on any atom is 0.0702 e. The molecule has 1 aromatic heterocycles. The smallest absolute Gasteiger partial charge is 0.0702 e. The van der Waals surface area contributed by atoms with Crippen molar-refractivity contribution in [1.29, 1.82) is 0 Å². The second-order valence-electron chi connectivity index (χ2n) is 4.58. The van der Waals surface area contributed by atoms with E-state index in [-0.39, 0.29) is 0 Å². The average molecular weight is 338 g/mol. The van der Waals surface area contributed by atoms with Crippen molar-refractivity contribution in [1.82, 2.24) is 5.32 Å². The van der Waals surface area contributed by atoms with Crippen LogP contribution in [-0.2, 0) is 6.42 Å². The Morgan fingerprint density at radius 1 is 1.16 bits per heavy atom. The molecule has 0 bridgehead atoms. The Bertz CT molecular complexity index is 521. The predicted molar refractivity (Wildman–Crippen MR) is 88.0 cm³/mol. The molecule has 19 heavy (non-hydrogen) atoms. The number of benzene rings is 1. The van der Waals surface area contributed by atoms with Crippen LogP contribution in [0.1, 0.15) is 42.3 Å². The third-order valence-corrected chi connectivity index (χ3v) is 4.91. The minimum absolute atomic E-state index is 0.312. The third-order valence-electron chi connectivity index (χ3n) is 3.22. The molecule has 102 valence electrons. The third kappa shape index (κ3) is 3.68. The summed E-state index contributed by atoms with van der Waals surface area (Å²) in [6, 6.07) is 13.4. The molecule has 0 saturated carbocycles. The minimum Gasteiger partial charge on any atom is -0.306 e. The summed E-state index contributed by atoms with van der Waals surface area (Å²) >= 11 is 5.38. The highest BCUT2D eigenvalue weighted by Gasteiger charge is 2.17. The Balaban J connectivity index is 2.36. The van der Waals surface area contributed by atoms with E-state index in [9.17, 15) is 0 Å². The van der Waals surface area contributed by atoms with Crippen LogP contribution in [0.5, 0.6) is 0 Å². The van der Waals surface area contributed by atoms with Crippen LogP contribution in [0.4, 0.5) is 0 Å². The Morgan fingerprint density at radius 2 is 1.95 bits per heavy atom. The molecule has 0 aliphatic rings. The van der Waals surface area contributed by atoms with Crippen LogP contribution < -0.4 is 5.32 Å². The summed E-state index contributed by atoms with van der Waals surface area (Å²) in [6.07, 6.45) is 2.23. The number of aryl methyl sites for hydroxylation is 1. The molecule has 1 atom stereocenters. The molecular weight excluding hydrogens is 318 g/mol. The molecule has 2 aromatic rings. The van der Waals surface area contributed by atoms with Crippen molar-refractivity contribution >= 4 is 27.3 Å². The number of halogens is 1. The van der Waals surface area contributed by atoms with Gasteiger partial charge in [0.2, 0.25) is 0 Å². The number of thiophene rings is 1. The first-order valence-corrected chi connectivity index (χ1v) is 8.43. The Kier molecular flexibility index (Phi) is 5.61. The highest BCUT2D eigenvalue weighted by Crippen LogP contribution is 2.32. The van der Waals surface area contributed by atoms with Crippen LogP contribution >= 0.6 is 27.3 Å². The van der Waals surface area contributed by atoms with Gasteiger partial charge in [-0.3, -0.25) is 0 Å². The molecule has 0 saturated heterocycles. The van der Waals surface area contributed by atoms with E-state index in [2.05, 4.69) is 71.5 Å². The highest BCUT2D eigenvalue weighted by molar-refractivity contribution is 9.11. The van der Waals surface area contributed by atoms with Gasteiger partial charge in [0.1, 0.15) is 0 Å². The van der Waals surface area contributed by atoms with E-state index in [4.69, 9.17) is 0 Å². The zero-order valence-corrected chi connectivity index (χ0v) is 13.9. The summed E-state index contributed by atoms with van der Waals surface area (Å²) in [6.45, 7) is 5.47. The molecule has 1 nitrogen and oxygen atoms in total. The lowest BCUT2D eigenvalue weighted by molar-refractivity contribution is 0.602. The molecule has 2 rings (SSSR count). The van der Waals surface area contributed by atoms with Gasteiger partial charge in [-0.2, -0.15) is 0 Å². The zero-order valence-electron chi connectivity index (χ0n) is 11.4. The Morgan fingerprint density at radius 3 is 2.58 bits per heavy atom. The van der Waals surface area contributed by atoms with Gasteiger partial charge in [0, 0.05) is 4.88 Å². The number of rotatable bonds is 6. The monoisotopic (exact) mass is 337 g/mol. The van der Waals surface area contributed by atoms with Gasteiger partial charge in [0.25, 0.3) is 0 Å². The van der Waals surface area contributed by atoms with Crippen molar-refractivity contribution in [3.8, 4) is 0 Å². The largest absolute Gasteiger partial charge is 0.306 e. The van der Waals surface area contributed by atoms with Gasteiger partial charge in [0.15, 0.2) is 0 Å². The van der Waals surface area contributed by atoms with Gasteiger partial charge in [0.05, 0.1) is 9.83 Å². The fraction of sp³-hybridized carbons (Fsp3) is 0.375. The molecule has 3 heteroatoms. The normalized spacial score (nSPS) is 12.6. The summed E-state index contributed by atoms with van der Waals surface area (Å²) in [7, 11) is 0. The van der Waals surface area contributed by atoms with Crippen molar-refractivity contribution in [3.63, 3.8) is 0 Å². The van der Waals surface area contributed by atoms with E-state index in [1.807, 2.05) is 11.3 Å². The minimum atomic E-state index is 0.312. The average Bonchev–Trinajstić information content (AvgIpc) is 2.86. The van der Waals surface area contributed by atoms with Gasteiger partial charge < -0.3 is 5.32 Å². The van der Waals surface area contributed by atoms with Gasteiger partial charge in [-0.05, 0) is 58.6 Å². The van der Waals surface area contributed by atoms with E-state index >= 15 is 0 Å². The SMILES string of the molecule is CCCNC(c1ccc(Br)s1)c1ccccc1CC. The summed E-state index contributed by atoms with van der Waals surface area (Å²) in [5, 5.41) is 3.68. The Hall–Kier alpha value is -0.640. The van der Waals surface area contributed by atoms with Gasteiger partial charge >= 0.3 is 0 Å². The van der Waals surface area contributed by atoms with Gasteiger partial charge in [-0.1, -0.05) is 38.1 Å². The van der Waals surface area contributed by atoms with Crippen LogP contribution in [-0.4, -0.2) is 6.54 Å². The summed E-state index contributed by atoms with van der Waals surface area (Å²) in [4.78, 5) is 1.38. The quantitative estimate of drug-likeness (QED) is 0.767. The van der Waals surface area contributed by atoms with Gasteiger partial charge in [-0.15, -0.1) is 11.3 Å². The van der Waals surface area contributed by atoms with Crippen molar-refractivity contribution in [3.05, 3.63) is 56.2 Å². The topological polar surface area (TPSA) is 12.0 Å². The fourth-order valence-corrected chi connectivity index (χ4v) is 3.79. The standard InChI is InChI=1S/C16H20BrNS/c1-3-11-18-16(14-9-10-15(17)19-14)13-8-6-5-7-12(13)4-2/h5-10,16,18H,3-4,11H2,1-2H3. The van der Waals surface area contributed by atoms with Gasteiger partial charge in [-0.25, -0.2) is 0 Å². The molecular formula is C16H20BrNS. The molecule has 1 heterocycles. The van der Waals surface area contributed by atoms with E-state index in [1.54, 1.807) is 0 Å². The fourth-order valence-electron chi connectivity index (χ4n) is 2.27. The lowest BCUT2D eigenvalue weighted by Crippen LogP contribution is -2.23. The maximum atomic E-state index is 3.68. The van der Waals surface area contributed by atoms with Crippen LogP contribution in [0.25, 0.3) is 0 Å². The van der Waals surface area contributed by atoms with E-state index < -0.39 is 0 Å². The van der Waals surface area contributed by atoms with Crippen molar-refractivity contribution in [2.24, 2.45) is 0 Å². The lowest BCUT2D eigenvalue weighted by Gasteiger charge is -2.20. The van der Waals surface area contributed by atoms with Crippen LogP contribution in [0.3, 0.4) is 0 Å². The molecule has 0 radical (unpaired) electrons. The van der Waals surface area contributed by atoms with Crippen LogP contribution in [0, 0.1) is 0 Å². The highest BCUT2D eigenvalue weighted by atomic mass is 79.9. The summed E-state index contributed by atoms with van der Waals surface area (Å²) < 4.78 is 1.19. The summed E-state index contributed by atoms with van der Waals surface area (Å²) in [5.74, 6) is 0. The molecule has 1 N–H and O–H groups in total. The number of hydrogen-bond donors (Lipinski definition) is 1. The van der Waals surface area contributed by atoms with E-state index in [1.165, 1.54) is 19.8 Å². The number of nitrogens with one attached hydrogen (secondary N) is 1. The maximum absolute atomic E-state index is 3.68. The van der Waals surface area contributed by atoms with Crippen LogP contribution in [0.15, 0.2) is 40.2 Å². The molecule has 0 amide bonds. The molecule has 1 aromatic carbocycles. The molecule has 0 fully saturated rings. The lowest BCUT2D eigenvalue weighted by atomic mass is 9.97. The first-order valence-electron chi connectivity index (χ1n) is 6.82. The zero-order chi connectivity index (χ0) is 13.7. The second-order valence-corrected chi connectivity index (χ2v) is 7.08. The van der Waals surface area contributed by atoms with Crippen LogP contribution in [0.2, 0.25) is 0 Å². The van der Waals surface area contributed by atoms with Crippen molar-refractivity contribution < 1.29 is 0 Å².